The summed E-state index contributed by atoms with van der Waals surface area (Å²) in [4.78, 5) is 13.2. The number of para-hydroxylation sites is 1. The van der Waals surface area contributed by atoms with Gasteiger partial charge in [0.15, 0.2) is 0 Å². The Kier molecular flexibility index (Phi) is 5.74. The van der Waals surface area contributed by atoms with Crippen LogP contribution in [0.25, 0.3) is 5.69 Å². The summed E-state index contributed by atoms with van der Waals surface area (Å²) in [6, 6.07) is 20.3. The van der Waals surface area contributed by atoms with E-state index in [1.54, 1.807) is 17.0 Å². The smallest absolute Gasteiger partial charge is 0.253 e. The highest BCUT2D eigenvalue weighted by Crippen LogP contribution is 2.34. The van der Waals surface area contributed by atoms with Crippen LogP contribution < -0.4 is 0 Å². The summed E-state index contributed by atoms with van der Waals surface area (Å²) in [5.41, 5.74) is 2.54. The molecule has 0 unspecified atom stereocenters. The van der Waals surface area contributed by atoms with Crippen molar-refractivity contribution in [2.45, 2.75) is 17.6 Å². The second-order valence-electron chi connectivity index (χ2n) is 7.02. The number of tetrazole rings is 1. The number of carbonyl (C=O) groups excluding carboxylic acids is 1. The number of hydrogen-bond acceptors (Lipinski definition) is 7. The average molecular weight is 465 g/mol. The van der Waals surface area contributed by atoms with Gasteiger partial charge in [0, 0.05) is 11.4 Å². The summed E-state index contributed by atoms with van der Waals surface area (Å²) in [5.74, 6) is 0.648. The maximum atomic E-state index is 13.2. The largest absolute Gasteiger partial charge is 0.467 e. The van der Waals surface area contributed by atoms with E-state index < -0.39 is 0 Å². The summed E-state index contributed by atoms with van der Waals surface area (Å²) in [6.45, 7) is 0. The molecule has 0 spiro atoms. The third kappa shape index (κ3) is 4.17. The average Bonchev–Trinajstić information content (AvgIpc) is 3.59. The maximum Gasteiger partial charge on any atom is 0.253 e. The SMILES string of the molecule is O=C(CSc1nnnn1-c1ccccc1)N1N=C(c2ccc(Cl)cc2)C[C@H]1c1ccco1. The van der Waals surface area contributed by atoms with E-state index in [2.05, 4.69) is 20.6 Å². The summed E-state index contributed by atoms with van der Waals surface area (Å²) in [5, 5.41) is 19.1. The van der Waals surface area contributed by atoms with E-state index in [1.165, 1.54) is 16.8 Å². The van der Waals surface area contributed by atoms with Crippen LogP contribution in [0.5, 0.6) is 0 Å². The van der Waals surface area contributed by atoms with Crippen molar-refractivity contribution in [3.05, 3.63) is 89.3 Å². The number of benzene rings is 2. The van der Waals surface area contributed by atoms with Gasteiger partial charge in [-0.2, -0.15) is 9.78 Å². The molecule has 8 nitrogen and oxygen atoms in total. The van der Waals surface area contributed by atoms with Crippen molar-refractivity contribution in [1.29, 1.82) is 0 Å². The molecule has 2 aromatic heterocycles. The first kappa shape index (κ1) is 20.5. The highest BCUT2D eigenvalue weighted by atomic mass is 35.5. The molecule has 1 aliphatic heterocycles. The molecule has 10 heteroatoms. The van der Waals surface area contributed by atoms with Crippen LogP contribution in [-0.4, -0.2) is 42.6 Å². The van der Waals surface area contributed by atoms with Gasteiger partial charge in [0.05, 0.1) is 23.4 Å². The van der Waals surface area contributed by atoms with Gasteiger partial charge in [-0.1, -0.05) is 53.7 Å². The van der Waals surface area contributed by atoms with Gasteiger partial charge in [0.1, 0.15) is 11.8 Å². The molecule has 0 radical (unpaired) electrons. The molecule has 4 aromatic rings. The van der Waals surface area contributed by atoms with Gasteiger partial charge in [0.2, 0.25) is 5.16 Å². The highest BCUT2D eigenvalue weighted by Gasteiger charge is 2.35. The van der Waals surface area contributed by atoms with Gasteiger partial charge in [-0.15, -0.1) is 5.10 Å². The Morgan fingerprint density at radius 1 is 1.09 bits per heavy atom. The molecule has 1 atom stereocenters. The minimum absolute atomic E-state index is 0.127. The van der Waals surface area contributed by atoms with E-state index in [-0.39, 0.29) is 17.7 Å². The van der Waals surface area contributed by atoms with Gasteiger partial charge < -0.3 is 4.42 Å². The lowest BCUT2D eigenvalue weighted by Gasteiger charge is -2.19. The molecular weight excluding hydrogens is 448 g/mol. The predicted molar refractivity (Wildman–Crippen MR) is 121 cm³/mol. The third-order valence-electron chi connectivity index (χ3n) is 4.98. The first-order valence-corrected chi connectivity index (χ1v) is 11.2. The molecule has 0 fully saturated rings. The van der Waals surface area contributed by atoms with E-state index in [0.29, 0.717) is 22.4 Å². The molecule has 0 bridgehead atoms. The van der Waals surface area contributed by atoms with Gasteiger partial charge in [-0.3, -0.25) is 4.79 Å². The summed E-state index contributed by atoms with van der Waals surface area (Å²) < 4.78 is 7.20. The second-order valence-corrected chi connectivity index (χ2v) is 8.40. The van der Waals surface area contributed by atoms with E-state index in [0.717, 1.165) is 17.0 Å². The van der Waals surface area contributed by atoms with Crippen LogP contribution in [0.2, 0.25) is 5.02 Å². The zero-order valence-corrected chi connectivity index (χ0v) is 18.3. The Hall–Kier alpha value is -3.43. The van der Waals surface area contributed by atoms with Crippen molar-refractivity contribution in [2.75, 3.05) is 5.75 Å². The zero-order valence-electron chi connectivity index (χ0n) is 16.7. The number of hydrogen-bond donors (Lipinski definition) is 0. The lowest BCUT2D eigenvalue weighted by Crippen LogP contribution is -2.28. The Balaban J connectivity index is 1.36. The monoisotopic (exact) mass is 464 g/mol. The number of halogens is 1. The van der Waals surface area contributed by atoms with Crippen LogP contribution in [0.1, 0.15) is 23.8 Å². The third-order valence-corrected chi connectivity index (χ3v) is 6.14. The Morgan fingerprint density at radius 3 is 2.66 bits per heavy atom. The Bertz CT molecular complexity index is 1240. The second kappa shape index (κ2) is 8.97. The number of rotatable bonds is 6. The molecule has 3 heterocycles. The van der Waals surface area contributed by atoms with Gasteiger partial charge in [-0.05, 0) is 52.4 Å². The van der Waals surface area contributed by atoms with Crippen molar-refractivity contribution >= 4 is 35.0 Å². The normalized spacial score (nSPS) is 15.7. The number of nitrogens with zero attached hydrogens (tertiary/aromatic N) is 6. The van der Waals surface area contributed by atoms with Crippen molar-refractivity contribution in [3.8, 4) is 5.69 Å². The molecule has 5 rings (SSSR count). The first-order chi connectivity index (χ1) is 15.7. The summed E-state index contributed by atoms with van der Waals surface area (Å²) >= 11 is 7.27. The fraction of sp³-hybridized carbons (Fsp3) is 0.136. The molecule has 32 heavy (non-hydrogen) atoms. The molecule has 160 valence electrons. The van der Waals surface area contributed by atoms with Crippen molar-refractivity contribution in [2.24, 2.45) is 5.10 Å². The van der Waals surface area contributed by atoms with E-state index >= 15 is 0 Å². The Morgan fingerprint density at radius 2 is 1.91 bits per heavy atom. The van der Waals surface area contributed by atoms with Gasteiger partial charge in [0.25, 0.3) is 5.91 Å². The number of aromatic nitrogens is 4. The van der Waals surface area contributed by atoms with E-state index in [4.69, 9.17) is 16.0 Å². The quantitative estimate of drug-likeness (QED) is 0.393. The Labute approximate surface area is 192 Å². The van der Waals surface area contributed by atoms with Crippen LogP contribution >= 0.6 is 23.4 Å². The summed E-state index contributed by atoms with van der Waals surface area (Å²) in [7, 11) is 0. The minimum Gasteiger partial charge on any atom is -0.467 e. The maximum absolute atomic E-state index is 13.2. The number of amides is 1. The van der Waals surface area contributed by atoms with Crippen molar-refractivity contribution in [1.82, 2.24) is 25.2 Å². The molecule has 0 N–H and O–H groups in total. The van der Waals surface area contributed by atoms with Gasteiger partial charge >= 0.3 is 0 Å². The molecule has 1 aliphatic rings. The van der Waals surface area contributed by atoms with E-state index in [1.807, 2.05) is 60.7 Å². The number of thioether (sulfide) groups is 1. The minimum atomic E-state index is -0.311. The van der Waals surface area contributed by atoms with Crippen LogP contribution in [0.4, 0.5) is 0 Å². The van der Waals surface area contributed by atoms with Crippen LogP contribution in [0.15, 0.2) is 87.7 Å². The summed E-state index contributed by atoms with van der Waals surface area (Å²) in [6.07, 6.45) is 2.15. The number of carbonyl (C=O) groups is 1. The molecule has 0 aliphatic carbocycles. The lowest BCUT2D eigenvalue weighted by molar-refractivity contribution is -0.130. The number of furan rings is 1. The van der Waals surface area contributed by atoms with E-state index in [9.17, 15) is 4.79 Å². The lowest BCUT2D eigenvalue weighted by atomic mass is 10.0. The van der Waals surface area contributed by atoms with Gasteiger partial charge in [-0.25, -0.2) is 5.01 Å². The fourth-order valence-electron chi connectivity index (χ4n) is 3.45. The topological polar surface area (TPSA) is 89.4 Å². The number of hydrazone groups is 1. The van der Waals surface area contributed by atoms with Crippen LogP contribution in [-0.2, 0) is 4.79 Å². The highest BCUT2D eigenvalue weighted by molar-refractivity contribution is 7.99. The fourth-order valence-corrected chi connectivity index (χ4v) is 4.32. The predicted octanol–water partition coefficient (Wildman–Crippen LogP) is 4.38. The molecule has 0 saturated heterocycles. The molecule has 1 amide bonds. The standard InChI is InChI=1S/C22H17ClN6O2S/c23-16-10-8-15(9-11-16)18-13-19(20-7-4-12-31-20)29(25-18)21(30)14-32-22-24-26-27-28(22)17-5-2-1-3-6-17/h1-12,19H,13-14H2/t19-/m0/s1. The molecular formula is C22H17ClN6O2S. The van der Waals surface area contributed by atoms with Crippen molar-refractivity contribution in [3.63, 3.8) is 0 Å². The zero-order chi connectivity index (χ0) is 21.9. The molecule has 0 saturated carbocycles. The van der Waals surface area contributed by atoms with Crippen molar-refractivity contribution < 1.29 is 9.21 Å². The molecule has 2 aromatic carbocycles. The van der Waals surface area contributed by atoms with Crippen LogP contribution in [0, 0.1) is 0 Å². The van der Waals surface area contributed by atoms with Crippen LogP contribution in [0.3, 0.4) is 0 Å². The first-order valence-electron chi connectivity index (χ1n) is 9.84.